The number of sulfone groups is 1. The van der Waals surface area contributed by atoms with Crippen LogP contribution in [-0.2, 0) is 9.84 Å². The third-order valence-corrected chi connectivity index (χ3v) is 4.88. The van der Waals surface area contributed by atoms with Crippen LogP contribution in [0.3, 0.4) is 0 Å². The molecule has 0 radical (unpaired) electrons. The molecular formula is C18H22N2O4S. The third kappa shape index (κ3) is 5.22. The molecule has 0 fully saturated rings. The fourth-order valence-electron chi connectivity index (χ4n) is 2.39. The van der Waals surface area contributed by atoms with Crippen molar-refractivity contribution in [2.24, 2.45) is 0 Å². The van der Waals surface area contributed by atoms with E-state index in [1.165, 1.54) is 6.26 Å². The molecule has 0 aromatic heterocycles. The van der Waals surface area contributed by atoms with Crippen LogP contribution in [0.15, 0.2) is 53.4 Å². The Kier molecular flexibility index (Phi) is 6.03. The van der Waals surface area contributed by atoms with Crippen molar-refractivity contribution in [1.29, 1.82) is 0 Å². The van der Waals surface area contributed by atoms with Crippen LogP contribution in [0, 0.1) is 0 Å². The Morgan fingerprint density at radius 1 is 1.16 bits per heavy atom. The van der Waals surface area contributed by atoms with E-state index in [0.717, 1.165) is 5.56 Å². The average Bonchev–Trinajstić information content (AvgIpc) is 2.59. The van der Waals surface area contributed by atoms with Gasteiger partial charge in [-0.2, -0.15) is 0 Å². The van der Waals surface area contributed by atoms with E-state index in [-0.39, 0.29) is 17.0 Å². The maximum absolute atomic E-state index is 12.2. The zero-order valence-corrected chi connectivity index (χ0v) is 15.3. The second-order valence-electron chi connectivity index (χ2n) is 5.63. The number of amides is 2. The number of urea groups is 1. The summed E-state index contributed by atoms with van der Waals surface area (Å²) in [5.74, 6) is 0.654. The lowest BCUT2D eigenvalue weighted by atomic mass is 10.1. The lowest BCUT2D eigenvalue weighted by molar-refractivity contribution is 0.248. The van der Waals surface area contributed by atoms with Gasteiger partial charge in [-0.3, -0.25) is 0 Å². The van der Waals surface area contributed by atoms with Crippen molar-refractivity contribution in [3.63, 3.8) is 0 Å². The lowest BCUT2D eigenvalue weighted by Gasteiger charge is -2.18. The van der Waals surface area contributed by atoms with E-state index in [2.05, 4.69) is 10.6 Å². The molecule has 2 amide bonds. The van der Waals surface area contributed by atoms with Gasteiger partial charge in [-0.05, 0) is 36.2 Å². The number of methoxy groups -OCH3 is 1. The highest BCUT2D eigenvalue weighted by Gasteiger charge is 2.14. The van der Waals surface area contributed by atoms with Gasteiger partial charge >= 0.3 is 6.03 Å². The smallest absolute Gasteiger partial charge is 0.319 e. The molecular weight excluding hydrogens is 340 g/mol. The molecule has 1 atom stereocenters. The predicted octanol–water partition coefficient (Wildman–Crippen LogP) is 3.37. The number of hydrogen-bond acceptors (Lipinski definition) is 4. The molecule has 0 aliphatic carbocycles. The second kappa shape index (κ2) is 8.02. The first-order valence-corrected chi connectivity index (χ1v) is 9.74. The molecule has 0 bridgehead atoms. The van der Waals surface area contributed by atoms with Crippen LogP contribution in [0.4, 0.5) is 10.5 Å². The van der Waals surface area contributed by atoms with Crippen molar-refractivity contribution < 1.29 is 17.9 Å². The van der Waals surface area contributed by atoms with Crippen LogP contribution < -0.4 is 15.4 Å². The predicted molar refractivity (Wildman–Crippen MR) is 97.7 cm³/mol. The number of nitrogens with one attached hydrogen (secondary N) is 2. The van der Waals surface area contributed by atoms with E-state index in [9.17, 15) is 13.2 Å². The van der Waals surface area contributed by atoms with E-state index in [1.807, 2.05) is 6.92 Å². The zero-order valence-electron chi connectivity index (χ0n) is 14.4. The third-order valence-electron chi connectivity index (χ3n) is 3.75. The molecule has 2 N–H and O–H groups in total. The Bertz CT molecular complexity index is 832. The lowest BCUT2D eigenvalue weighted by Crippen LogP contribution is -2.32. The number of hydrogen-bond donors (Lipinski definition) is 2. The normalized spacial score (nSPS) is 12.3. The topological polar surface area (TPSA) is 84.5 Å². The van der Waals surface area contributed by atoms with Crippen LogP contribution in [0.5, 0.6) is 5.75 Å². The van der Waals surface area contributed by atoms with Gasteiger partial charge in [0.05, 0.1) is 18.0 Å². The summed E-state index contributed by atoms with van der Waals surface area (Å²) in [6, 6.07) is 13.0. The van der Waals surface area contributed by atoms with Crippen molar-refractivity contribution in [3.8, 4) is 5.75 Å². The first-order chi connectivity index (χ1) is 11.8. The largest absolute Gasteiger partial charge is 0.497 e. The molecule has 0 heterocycles. The Labute approximate surface area is 148 Å². The second-order valence-corrected chi connectivity index (χ2v) is 7.65. The number of rotatable bonds is 6. The van der Waals surface area contributed by atoms with Crippen molar-refractivity contribution in [3.05, 3.63) is 54.1 Å². The number of carbonyl (C=O) groups is 1. The van der Waals surface area contributed by atoms with Gasteiger partial charge < -0.3 is 15.4 Å². The summed E-state index contributed by atoms with van der Waals surface area (Å²) in [5.41, 5.74) is 1.47. The molecule has 1 unspecified atom stereocenters. The SMILES string of the molecule is CCC(NC(=O)Nc1cccc(OC)c1)c1ccc(S(C)(=O)=O)cc1. The highest BCUT2D eigenvalue weighted by molar-refractivity contribution is 7.90. The molecule has 134 valence electrons. The van der Waals surface area contributed by atoms with Gasteiger partial charge in [-0.25, -0.2) is 13.2 Å². The van der Waals surface area contributed by atoms with Gasteiger partial charge in [0.1, 0.15) is 5.75 Å². The molecule has 7 heteroatoms. The Hall–Kier alpha value is -2.54. The minimum atomic E-state index is -3.23. The quantitative estimate of drug-likeness (QED) is 0.825. The molecule has 0 saturated carbocycles. The molecule has 0 aliphatic rings. The van der Waals surface area contributed by atoms with Crippen LogP contribution in [0.25, 0.3) is 0 Å². The van der Waals surface area contributed by atoms with E-state index in [1.54, 1.807) is 55.6 Å². The van der Waals surface area contributed by atoms with Gasteiger partial charge in [0.2, 0.25) is 0 Å². The van der Waals surface area contributed by atoms with Crippen molar-refractivity contribution >= 4 is 21.6 Å². The van der Waals surface area contributed by atoms with Gasteiger partial charge in [0.25, 0.3) is 0 Å². The fourth-order valence-corrected chi connectivity index (χ4v) is 3.03. The molecule has 2 aromatic carbocycles. The number of carbonyl (C=O) groups excluding carboxylic acids is 1. The van der Waals surface area contributed by atoms with Crippen LogP contribution in [0.1, 0.15) is 24.9 Å². The first-order valence-electron chi connectivity index (χ1n) is 7.85. The molecule has 2 aromatic rings. The standard InChI is InChI=1S/C18H22N2O4S/c1-4-17(13-8-10-16(11-9-13)25(3,22)23)20-18(21)19-14-6-5-7-15(12-14)24-2/h5-12,17H,4H2,1-3H3,(H2,19,20,21). The summed E-state index contributed by atoms with van der Waals surface area (Å²) >= 11 is 0. The van der Waals surface area contributed by atoms with Gasteiger partial charge in [-0.1, -0.05) is 25.1 Å². The summed E-state index contributed by atoms with van der Waals surface area (Å²) in [7, 11) is -1.67. The maximum atomic E-state index is 12.2. The maximum Gasteiger partial charge on any atom is 0.319 e. The number of benzene rings is 2. The molecule has 0 spiro atoms. The minimum absolute atomic E-state index is 0.223. The average molecular weight is 362 g/mol. The summed E-state index contributed by atoms with van der Waals surface area (Å²) in [6.45, 7) is 1.95. The van der Waals surface area contributed by atoms with E-state index < -0.39 is 9.84 Å². The van der Waals surface area contributed by atoms with Gasteiger partial charge in [0.15, 0.2) is 9.84 Å². The Morgan fingerprint density at radius 3 is 2.40 bits per heavy atom. The summed E-state index contributed by atoms with van der Waals surface area (Å²) in [6.07, 6.45) is 1.84. The minimum Gasteiger partial charge on any atom is -0.497 e. The monoisotopic (exact) mass is 362 g/mol. The Morgan fingerprint density at radius 2 is 1.84 bits per heavy atom. The first kappa shape index (κ1) is 18.8. The summed E-state index contributed by atoms with van der Waals surface area (Å²) in [4.78, 5) is 12.5. The zero-order chi connectivity index (χ0) is 18.4. The number of anilines is 1. The molecule has 25 heavy (non-hydrogen) atoms. The van der Waals surface area contributed by atoms with Crippen LogP contribution in [-0.4, -0.2) is 27.8 Å². The highest BCUT2D eigenvalue weighted by atomic mass is 32.2. The summed E-state index contributed by atoms with van der Waals surface area (Å²) in [5, 5.41) is 5.65. The number of ether oxygens (including phenoxy) is 1. The van der Waals surface area contributed by atoms with E-state index in [0.29, 0.717) is 17.9 Å². The fraction of sp³-hybridized carbons (Fsp3) is 0.278. The Balaban J connectivity index is 2.06. The van der Waals surface area contributed by atoms with Crippen molar-refractivity contribution in [2.75, 3.05) is 18.7 Å². The van der Waals surface area contributed by atoms with Crippen molar-refractivity contribution in [1.82, 2.24) is 5.32 Å². The molecule has 0 saturated heterocycles. The molecule has 2 rings (SSSR count). The van der Waals surface area contributed by atoms with E-state index in [4.69, 9.17) is 4.74 Å². The summed E-state index contributed by atoms with van der Waals surface area (Å²) < 4.78 is 28.2. The molecule has 6 nitrogen and oxygen atoms in total. The van der Waals surface area contributed by atoms with Gasteiger partial charge in [-0.15, -0.1) is 0 Å². The highest BCUT2D eigenvalue weighted by Crippen LogP contribution is 2.20. The van der Waals surface area contributed by atoms with Crippen LogP contribution >= 0.6 is 0 Å². The molecule has 0 aliphatic heterocycles. The van der Waals surface area contributed by atoms with Gasteiger partial charge in [0, 0.05) is 18.0 Å². The van der Waals surface area contributed by atoms with E-state index >= 15 is 0 Å². The van der Waals surface area contributed by atoms with Crippen molar-refractivity contribution in [2.45, 2.75) is 24.3 Å². The van der Waals surface area contributed by atoms with Crippen LogP contribution in [0.2, 0.25) is 0 Å².